The summed E-state index contributed by atoms with van der Waals surface area (Å²) in [4.78, 5) is 22.2. The molecule has 0 aromatic rings. The SMILES string of the molecule is CC(=O)C1(C)CC=CCC1C(=O)O.[Na+]. The van der Waals surface area contributed by atoms with E-state index in [0.717, 1.165) is 0 Å². The van der Waals surface area contributed by atoms with E-state index in [1.807, 2.05) is 12.2 Å². The van der Waals surface area contributed by atoms with E-state index in [2.05, 4.69) is 0 Å². The number of allylic oxidation sites excluding steroid dienone is 2. The molecule has 0 spiro atoms. The summed E-state index contributed by atoms with van der Waals surface area (Å²) >= 11 is 0. The van der Waals surface area contributed by atoms with Crippen molar-refractivity contribution in [3.63, 3.8) is 0 Å². The molecule has 0 heterocycles. The van der Waals surface area contributed by atoms with Crippen molar-refractivity contribution < 1.29 is 44.3 Å². The normalized spacial score (nSPS) is 30.6. The quantitative estimate of drug-likeness (QED) is 0.447. The fourth-order valence-corrected chi connectivity index (χ4v) is 1.73. The molecular weight excluding hydrogens is 191 g/mol. The van der Waals surface area contributed by atoms with Crippen LogP contribution >= 0.6 is 0 Å². The van der Waals surface area contributed by atoms with E-state index in [1.165, 1.54) is 6.92 Å². The number of Topliss-reactive ketones (excluding diaryl/α,β-unsaturated/α-hetero) is 1. The van der Waals surface area contributed by atoms with Gasteiger partial charge in [-0.2, -0.15) is 0 Å². The number of hydrogen-bond donors (Lipinski definition) is 1. The number of carboxylic acid groups (broad SMARTS) is 1. The number of carbonyl (C=O) groups excluding carboxylic acids is 1. The molecule has 0 saturated carbocycles. The van der Waals surface area contributed by atoms with Gasteiger partial charge in [-0.15, -0.1) is 0 Å². The molecule has 0 fully saturated rings. The van der Waals surface area contributed by atoms with Crippen molar-refractivity contribution in [2.24, 2.45) is 11.3 Å². The van der Waals surface area contributed by atoms with E-state index in [0.29, 0.717) is 12.8 Å². The van der Waals surface area contributed by atoms with E-state index in [-0.39, 0.29) is 35.3 Å². The molecule has 1 aliphatic carbocycles. The summed E-state index contributed by atoms with van der Waals surface area (Å²) in [7, 11) is 0. The van der Waals surface area contributed by atoms with Crippen molar-refractivity contribution in [1.82, 2.24) is 0 Å². The second-order valence-corrected chi connectivity index (χ2v) is 3.78. The van der Waals surface area contributed by atoms with Crippen LogP contribution in [0.25, 0.3) is 0 Å². The van der Waals surface area contributed by atoms with Gasteiger partial charge in [0, 0.05) is 5.41 Å². The first-order valence-electron chi connectivity index (χ1n) is 4.37. The van der Waals surface area contributed by atoms with Crippen LogP contribution in [0, 0.1) is 11.3 Å². The first kappa shape index (κ1) is 13.9. The predicted molar refractivity (Wildman–Crippen MR) is 48.3 cm³/mol. The number of hydrogen-bond acceptors (Lipinski definition) is 2. The Morgan fingerprint density at radius 2 is 2.00 bits per heavy atom. The Morgan fingerprint density at radius 1 is 1.43 bits per heavy atom. The maximum absolute atomic E-state index is 11.3. The largest absolute Gasteiger partial charge is 1.00 e. The average Bonchev–Trinajstić information content (AvgIpc) is 2.04. The zero-order valence-corrected chi connectivity index (χ0v) is 10.9. The van der Waals surface area contributed by atoms with Crippen molar-refractivity contribution in [3.05, 3.63) is 12.2 Å². The molecule has 0 aliphatic heterocycles. The van der Waals surface area contributed by atoms with Crippen molar-refractivity contribution in [2.75, 3.05) is 0 Å². The van der Waals surface area contributed by atoms with Crippen LogP contribution in [0.4, 0.5) is 0 Å². The van der Waals surface area contributed by atoms with Gasteiger partial charge in [-0.05, 0) is 19.8 Å². The second-order valence-electron chi connectivity index (χ2n) is 3.78. The first-order valence-corrected chi connectivity index (χ1v) is 4.37. The van der Waals surface area contributed by atoms with Gasteiger partial charge in [-0.25, -0.2) is 0 Å². The summed E-state index contributed by atoms with van der Waals surface area (Å²) in [6.45, 7) is 3.20. The van der Waals surface area contributed by atoms with Crippen LogP contribution in [0.15, 0.2) is 12.2 Å². The number of rotatable bonds is 2. The minimum absolute atomic E-state index is 0. The molecule has 0 amide bonds. The Hall–Kier alpha value is -0.120. The van der Waals surface area contributed by atoms with Crippen LogP contribution in [0.1, 0.15) is 26.7 Å². The van der Waals surface area contributed by atoms with Gasteiger partial charge in [0.25, 0.3) is 0 Å². The summed E-state index contributed by atoms with van der Waals surface area (Å²) in [5.74, 6) is -1.47. The van der Waals surface area contributed by atoms with Crippen LogP contribution in [-0.4, -0.2) is 16.9 Å². The smallest absolute Gasteiger partial charge is 0.481 e. The molecule has 0 bridgehead atoms. The zero-order valence-electron chi connectivity index (χ0n) is 8.91. The van der Waals surface area contributed by atoms with Crippen molar-refractivity contribution in [3.8, 4) is 0 Å². The maximum Gasteiger partial charge on any atom is 1.00 e. The van der Waals surface area contributed by atoms with Gasteiger partial charge >= 0.3 is 35.5 Å². The topological polar surface area (TPSA) is 54.4 Å². The van der Waals surface area contributed by atoms with E-state index in [9.17, 15) is 9.59 Å². The molecular formula is C10H14NaO3+. The van der Waals surface area contributed by atoms with E-state index in [1.54, 1.807) is 6.92 Å². The fraction of sp³-hybridized carbons (Fsp3) is 0.600. The number of aliphatic carboxylic acids is 1. The maximum atomic E-state index is 11.3. The summed E-state index contributed by atoms with van der Waals surface area (Å²) in [5.41, 5.74) is -0.708. The summed E-state index contributed by atoms with van der Waals surface area (Å²) in [5, 5.41) is 8.94. The molecule has 2 atom stereocenters. The van der Waals surface area contributed by atoms with Crippen LogP contribution in [0.2, 0.25) is 0 Å². The molecule has 1 rings (SSSR count). The van der Waals surface area contributed by atoms with E-state index in [4.69, 9.17) is 5.11 Å². The fourth-order valence-electron chi connectivity index (χ4n) is 1.73. The molecule has 0 saturated heterocycles. The molecule has 2 unspecified atom stereocenters. The third kappa shape index (κ3) is 2.47. The first-order chi connectivity index (χ1) is 5.98. The minimum atomic E-state index is -0.873. The monoisotopic (exact) mass is 205 g/mol. The van der Waals surface area contributed by atoms with E-state index < -0.39 is 17.3 Å². The molecule has 72 valence electrons. The van der Waals surface area contributed by atoms with Gasteiger partial charge < -0.3 is 5.11 Å². The van der Waals surface area contributed by atoms with Gasteiger partial charge in [0.1, 0.15) is 5.78 Å². The van der Waals surface area contributed by atoms with Crippen LogP contribution < -0.4 is 29.6 Å². The van der Waals surface area contributed by atoms with Crippen LogP contribution in [0.5, 0.6) is 0 Å². The Labute approximate surface area is 106 Å². The summed E-state index contributed by atoms with van der Waals surface area (Å²) in [6, 6.07) is 0. The van der Waals surface area contributed by atoms with Crippen molar-refractivity contribution >= 4 is 11.8 Å². The number of ketones is 1. The minimum Gasteiger partial charge on any atom is -0.481 e. The standard InChI is InChI=1S/C10H14O3.Na/c1-7(11)10(2)6-4-3-5-8(10)9(12)13;/h3-4,8H,5-6H2,1-2H3,(H,12,13);/q;+1. The van der Waals surface area contributed by atoms with E-state index >= 15 is 0 Å². The summed E-state index contributed by atoms with van der Waals surface area (Å²) in [6.07, 6.45) is 4.73. The Balaban J connectivity index is 0.00000169. The second kappa shape index (κ2) is 5.10. The number of carbonyl (C=O) groups is 2. The molecule has 3 nitrogen and oxygen atoms in total. The molecule has 14 heavy (non-hydrogen) atoms. The van der Waals surface area contributed by atoms with Crippen LogP contribution in [0.3, 0.4) is 0 Å². The Morgan fingerprint density at radius 3 is 2.36 bits per heavy atom. The van der Waals surface area contributed by atoms with Crippen molar-refractivity contribution in [2.45, 2.75) is 26.7 Å². The number of carboxylic acids is 1. The molecule has 0 aromatic heterocycles. The molecule has 1 aliphatic rings. The molecule has 1 N–H and O–H groups in total. The Kier molecular flexibility index (Phi) is 5.06. The average molecular weight is 205 g/mol. The predicted octanol–water partition coefficient (Wildman–Crippen LogP) is -1.36. The van der Waals surface area contributed by atoms with Gasteiger partial charge in [0.15, 0.2) is 0 Å². The third-order valence-electron chi connectivity index (χ3n) is 2.95. The van der Waals surface area contributed by atoms with Crippen molar-refractivity contribution in [1.29, 1.82) is 0 Å². The zero-order chi connectivity index (χ0) is 10.1. The van der Waals surface area contributed by atoms with Gasteiger partial charge in [0.05, 0.1) is 5.92 Å². The van der Waals surface area contributed by atoms with Crippen LogP contribution in [-0.2, 0) is 9.59 Å². The molecule has 0 aromatic carbocycles. The molecule has 4 heteroatoms. The van der Waals surface area contributed by atoms with Gasteiger partial charge in [-0.1, -0.05) is 19.1 Å². The molecule has 0 radical (unpaired) electrons. The van der Waals surface area contributed by atoms with Gasteiger partial charge in [0.2, 0.25) is 0 Å². The summed E-state index contributed by atoms with van der Waals surface area (Å²) < 4.78 is 0. The van der Waals surface area contributed by atoms with Gasteiger partial charge in [-0.3, -0.25) is 9.59 Å². The Bertz CT molecular complexity index is 273. The third-order valence-corrected chi connectivity index (χ3v) is 2.95.